The lowest BCUT2D eigenvalue weighted by Gasteiger charge is -2.40. The summed E-state index contributed by atoms with van der Waals surface area (Å²) in [6, 6.07) is 32.3. The number of rotatable bonds is 6. The molecule has 0 heterocycles. The highest BCUT2D eigenvalue weighted by molar-refractivity contribution is 7.67. The highest BCUT2D eigenvalue weighted by atomic mass is 31.1. The van der Waals surface area contributed by atoms with E-state index >= 15 is 0 Å². The van der Waals surface area contributed by atoms with Crippen LogP contribution >= 0.6 is 7.92 Å². The van der Waals surface area contributed by atoms with Gasteiger partial charge in [0.1, 0.15) is 0 Å². The summed E-state index contributed by atoms with van der Waals surface area (Å²) >= 11 is 0. The van der Waals surface area contributed by atoms with Gasteiger partial charge in [-0.05, 0) is 81.9 Å². The molecular weight excluding hydrogens is 477 g/mol. The number of benzene rings is 4. The van der Waals surface area contributed by atoms with Crippen LogP contribution in [0, 0.1) is 0 Å². The standard InChI is InChI=1S/C36H42NP/c1-37(2)34-22-13-21-32(29-25-24-27-14-9-10-15-28(27)26-29)36(34)33-20-11-12-23-35(33)38(30-16-5-3-6-17-30)31-18-7-4-8-19-31/h9-15,20-26,30-31H,3-8,16-19H2,1-2H3. The van der Waals surface area contributed by atoms with Gasteiger partial charge >= 0.3 is 0 Å². The van der Waals surface area contributed by atoms with Crippen molar-refractivity contribution in [1.29, 1.82) is 0 Å². The fourth-order valence-corrected chi connectivity index (χ4v) is 11.1. The number of hydrogen-bond donors (Lipinski definition) is 0. The lowest BCUT2D eigenvalue weighted by molar-refractivity contribution is 0.487. The third-order valence-corrected chi connectivity index (χ3v) is 12.5. The Labute approximate surface area is 231 Å². The molecule has 0 spiro atoms. The predicted molar refractivity (Wildman–Crippen MR) is 169 cm³/mol. The Morgan fingerprint density at radius 3 is 1.87 bits per heavy atom. The van der Waals surface area contributed by atoms with Crippen molar-refractivity contribution >= 4 is 29.7 Å². The molecule has 0 radical (unpaired) electrons. The molecule has 2 fully saturated rings. The van der Waals surface area contributed by atoms with Crippen LogP contribution in [0.15, 0.2) is 84.9 Å². The van der Waals surface area contributed by atoms with Crippen molar-refractivity contribution < 1.29 is 0 Å². The molecule has 4 aromatic rings. The van der Waals surface area contributed by atoms with Crippen LogP contribution in [-0.4, -0.2) is 25.4 Å². The van der Waals surface area contributed by atoms with Gasteiger partial charge < -0.3 is 4.90 Å². The molecule has 0 unspecified atom stereocenters. The number of fused-ring (bicyclic) bond motifs is 1. The second-order valence-electron chi connectivity index (χ2n) is 11.7. The monoisotopic (exact) mass is 519 g/mol. The Morgan fingerprint density at radius 1 is 0.579 bits per heavy atom. The van der Waals surface area contributed by atoms with Crippen LogP contribution in [0.3, 0.4) is 0 Å². The predicted octanol–water partition coefficient (Wildman–Crippen LogP) is 10.0. The molecule has 38 heavy (non-hydrogen) atoms. The molecule has 0 atom stereocenters. The summed E-state index contributed by atoms with van der Waals surface area (Å²) in [5, 5.41) is 4.30. The molecule has 6 rings (SSSR count). The van der Waals surface area contributed by atoms with Crippen LogP contribution in [-0.2, 0) is 0 Å². The van der Waals surface area contributed by atoms with Crippen molar-refractivity contribution in [3.05, 3.63) is 84.9 Å². The Morgan fingerprint density at radius 2 is 1.18 bits per heavy atom. The average Bonchev–Trinajstić information content (AvgIpc) is 2.98. The summed E-state index contributed by atoms with van der Waals surface area (Å²) in [5.74, 6) is 0. The van der Waals surface area contributed by atoms with Gasteiger partial charge in [0.05, 0.1) is 0 Å². The highest BCUT2D eigenvalue weighted by Gasteiger charge is 2.34. The fourth-order valence-electron chi connectivity index (χ4n) is 7.11. The topological polar surface area (TPSA) is 3.24 Å². The van der Waals surface area contributed by atoms with Crippen LogP contribution < -0.4 is 10.2 Å². The van der Waals surface area contributed by atoms with Crippen molar-refractivity contribution in [2.45, 2.75) is 75.5 Å². The van der Waals surface area contributed by atoms with E-state index in [4.69, 9.17) is 0 Å². The molecule has 0 amide bonds. The number of hydrogen-bond acceptors (Lipinski definition) is 1. The van der Waals surface area contributed by atoms with Crippen LogP contribution in [0.25, 0.3) is 33.0 Å². The molecule has 0 bridgehead atoms. The number of nitrogens with zero attached hydrogens (tertiary/aromatic N) is 1. The molecule has 196 valence electrons. The van der Waals surface area contributed by atoms with E-state index < -0.39 is 0 Å². The van der Waals surface area contributed by atoms with E-state index in [0.29, 0.717) is 0 Å². The summed E-state index contributed by atoms with van der Waals surface area (Å²) in [6.45, 7) is 0. The molecule has 1 nitrogen and oxygen atoms in total. The fraction of sp³-hybridized carbons (Fsp3) is 0.389. The quantitative estimate of drug-likeness (QED) is 0.229. The van der Waals surface area contributed by atoms with E-state index in [0.717, 1.165) is 11.3 Å². The Balaban J connectivity index is 1.54. The van der Waals surface area contributed by atoms with Crippen molar-refractivity contribution in [1.82, 2.24) is 0 Å². The highest BCUT2D eigenvalue weighted by Crippen LogP contribution is 2.57. The molecule has 0 aliphatic heterocycles. The molecule has 2 aliphatic rings. The molecule has 2 aliphatic carbocycles. The van der Waals surface area contributed by atoms with Crippen molar-refractivity contribution in [3.63, 3.8) is 0 Å². The Bertz CT molecular complexity index is 1360. The van der Waals surface area contributed by atoms with Crippen LogP contribution in [0.2, 0.25) is 0 Å². The smallest absolute Gasteiger partial charge is 0.0447 e. The van der Waals surface area contributed by atoms with Gasteiger partial charge in [0.2, 0.25) is 0 Å². The van der Waals surface area contributed by atoms with Crippen molar-refractivity contribution in [3.8, 4) is 22.3 Å². The van der Waals surface area contributed by atoms with E-state index in [9.17, 15) is 0 Å². The third kappa shape index (κ3) is 5.15. The van der Waals surface area contributed by atoms with Crippen molar-refractivity contribution in [2.24, 2.45) is 0 Å². The van der Waals surface area contributed by atoms with Gasteiger partial charge in [-0.1, -0.05) is 119 Å². The second-order valence-corrected chi connectivity index (χ2v) is 14.4. The van der Waals surface area contributed by atoms with Gasteiger partial charge in [0.15, 0.2) is 0 Å². The molecule has 4 aromatic carbocycles. The average molecular weight is 520 g/mol. The van der Waals surface area contributed by atoms with Gasteiger partial charge in [-0.3, -0.25) is 0 Å². The summed E-state index contributed by atoms with van der Waals surface area (Å²) in [4.78, 5) is 2.32. The van der Waals surface area contributed by atoms with E-state index in [1.54, 1.807) is 5.30 Å². The Hall–Kier alpha value is -2.63. The first kappa shape index (κ1) is 25.6. The minimum atomic E-state index is -0.196. The van der Waals surface area contributed by atoms with Crippen LogP contribution in [0.1, 0.15) is 64.2 Å². The maximum absolute atomic E-state index is 2.53. The zero-order chi connectivity index (χ0) is 25.9. The van der Waals surface area contributed by atoms with E-state index in [1.807, 2.05) is 0 Å². The SMILES string of the molecule is CN(C)c1cccc(-c2ccc3ccccc3c2)c1-c1ccccc1P(C1CCCCC1)C1CCCCC1. The minimum Gasteiger partial charge on any atom is -0.377 e. The van der Waals surface area contributed by atoms with Crippen LogP contribution in [0.4, 0.5) is 5.69 Å². The molecule has 0 saturated heterocycles. The maximum Gasteiger partial charge on any atom is 0.0447 e. The van der Waals surface area contributed by atoms with Gasteiger partial charge in [0.25, 0.3) is 0 Å². The summed E-state index contributed by atoms with van der Waals surface area (Å²) in [5.41, 5.74) is 8.68. The molecule has 2 saturated carbocycles. The first-order valence-corrected chi connectivity index (χ1v) is 16.4. The second kappa shape index (κ2) is 11.6. The van der Waals surface area contributed by atoms with Gasteiger partial charge in [-0.25, -0.2) is 0 Å². The zero-order valence-corrected chi connectivity index (χ0v) is 24.1. The zero-order valence-electron chi connectivity index (χ0n) is 23.2. The Kier molecular flexibility index (Phi) is 7.85. The summed E-state index contributed by atoms with van der Waals surface area (Å²) < 4.78 is 0. The molecule has 0 N–H and O–H groups in total. The van der Waals surface area contributed by atoms with Gasteiger partial charge in [-0.2, -0.15) is 0 Å². The van der Waals surface area contributed by atoms with E-state index in [2.05, 4.69) is 104 Å². The van der Waals surface area contributed by atoms with E-state index in [-0.39, 0.29) is 7.92 Å². The van der Waals surface area contributed by atoms with Gasteiger partial charge in [0, 0.05) is 25.3 Å². The lowest BCUT2D eigenvalue weighted by atomic mass is 9.91. The minimum absolute atomic E-state index is 0.196. The third-order valence-electron chi connectivity index (χ3n) is 8.97. The first-order chi connectivity index (χ1) is 18.7. The molecule has 0 aromatic heterocycles. The van der Waals surface area contributed by atoms with Crippen LogP contribution in [0.5, 0.6) is 0 Å². The number of anilines is 1. The maximum atomic E-state index is 2.53. The summed E-state index contributed by atoms with van der Waals surface area (Å²) in [7, 11) is 4.21. The normalized spacial score (nSPS) is 17.2. The van der Waals surface area contributed by atoms with Gasteiger partial charge in [-0.15, -0.1) is 0 Å². The van der Waals surface area contributed by atoms with E-state index in [1.165, 1.54) is 103 Å². The van der Waals surface area contributed by atoms with Crippen molar-refractivity contribution in [2.75, 3.05) is 19.0 Å². The molecular formula is C36H42NP. The largest absolute Gasteiger partial charge is 0.377 e. The lowest BCUT2D eigenvalue weighted by Crippen LogP contribution is -2.27. The molecule has 2 heteroatoms. The summed E-state index contributed by atoms with van der Waals surface area (Å²) in [6.07, 6.45) is 14.3. The first-order valence-electron chi connectivity index (χ1n) is 14.9.